The number of nitrogens with two attached hydrogens (primary N) is 1. The number of anilines is 2. The third kappa shape index (κ3) is 1.81. The van der Waals surface area contributed by atoms with Crippen molar-refractivity contribution in [3.05, 3.63) is 5.51 Å². The van der Waals surface area contributed by atoms with Gasteiger partial charge in [-0.15, -0.1) is 11.3 Å². The van der Waals surface area contributed by atoms with Crippen LogP contribution in [0.25, 0.3) is 10.3 Å². The van der Waals surface area contributed by atoms with Crippen LogP contribution >= 0.6 is 11.3 Å². The molecule has 1 fully saturated rings. The Balaban J connectivity index is 2.11. The molecule has 1 atom stereocenters. The number of hydrogen-bond acceptors (Lipinski definition) is 7. The number of nitrogen functional groups attached to an aromatic ring is 1. The topological polar surface area (TPSA) is 80.0 Å². The minimum atomic E-state index is 0.322. The van der Waals surface area contributed by atoms with Crippen LogP contribution in [-0.4, -0.2) is 40.6 Å². The Morgan fingerprint density at radius 2 is 2.41 bits per heavy atom. The first-order chi connectivity index (χ1) is 8.25. The van der Waals surface area contributed by atoms with Gasteiger partial charge in [-0.05, 0) is 6.92 Å². The summed E-state index contributed by atoms with van der Waals surface area (Å²) in [6.45, 7) is 5.00. The average Bonchev–Trinajstić information content (AvgIpc) is 2.76. The van der Waals surface area contributed by atoms with Gasteiger partial charge in [0.1, 0.15) is 5.52 Å². The van der Waals surface area contributed by atoms with E-state index in [1.165, 1.54) is 11.3 Å². The second-order valence-electron chi connectivity index (χ2n) is 4.16. The molecule has 3 rings (SSSR count). The predicted molar refractivity (Wildman–Crippen MR) is 69.3 cm³/mol. The van der Waals surface area contributed by atoms with Crippen molar-refractivity contribution in [2.75, 3.05) is 30.3 Å². The Kier molecular flexibility index (Phi) is 2.56. The molecule has 1 aliphatic rings. The Morgan fingerprint density at radius 3 is 3.24 bits per heavy atom. The first-order valence-corrected chi connectivity index (χ1v) is 6.48. The van der Waals surface area contributed by atoms with E-state index in [1.807, 2.05) is 0 Å². The Hall–Kier alpha value is -1.47. The van der Waals surface area contributed by atoms with E-state index in [0.717, 1.165) is 35.8 Å². The summed E-state index contributed by atoms with van der Waals surface area (Å²) < 4.78 is 0. The molecule has 90 valence electrons. The van der Waals surface area contributed by atoms with Gasteiger partial charge in [-0.25, -0.2) is 9.97 Å². The minimum absolute atomic E-state index is 0.322. The van der Waals surface area contributed by atoms with Crippen LogP contribution in [0.5, 0.6) is 0 Å². The second-order valence-corrected chi connectivity index (χ2v) is 4.99. The molecule has 2 aromatic heterocycles. The molecule has 0 aliphatic carbocycles. The Morgan fingerprint density at radius 1 is 1.53 bits per heavy atom. The second kappa shape index (κ2) is 4.08. The van der Waals surface area contributed by atoms with Gasteiger partial charge in [-0.1, -0.05) is 0 Å². The van der Waals surface area contributed by atoms with Crippen molar-refractivity contribution in [3.8, 4) is 0 Å². The molecule has 1 aliphatic heterocycles. The molecule has 3 heterocycles. The highest BCUT2D eigenvalue weighted by Crippen LogP contribution is 2.27. The lowest BCUT2D eigenvalue weighted by Gasteiger charge is -2.34. The van der Waals surface area contributed by atoms with Gasteiger partial charge in [0.05, 0.1) is 5.51 Å². The Labute approximate surface area is 103 Å². The third-order valence-electron chi connectivity index (χ3n) is 2.97. The number of aromatic nitrogens is 3. The van der Waals surface area contributed by atoms with Crippen molar-refractivity contribution >= 4 is 33.5 Å². The molecule has 0 spiro atoms. The molecule has 0 radical (unpaired) electrons. The van der Waals surface area contributed by atoms with Crippen molar-refractivity contribution in [2.24, 2.45) is 0 Å². The van der Waals surface area contributed by atoms with E-state index < -0.39 is 0 Å². The van der Waals surface area contributed by atoms with Gasteiger partial charge in [0, 0.05) is 25.7 Å². The quantitative estimate of drug-likeness (QED) is 0.765. The number of hydrogen-bond donors (Lipinski definition) is 2. The molecule has 6 nitrogen and oxygen atoms in total. The molecule has 3 N–H and O–H groups in total. The number of piperazine rings is 1. The van der Waals surface area contributed by atoms with Crippen LogP contribution in [0.3, 0.4) is 0 Å². The van der Waals surface area contributed by atoms with Gasteiger partial charge < -0.3 is 16.0 Å². The summed E-state index contributed by atoms with van der Waals surface area (Å²) in [5.74, 6) is 1.19. The lowest BCUT2D eigenvalue weighted by atomic mass is 10.2. The predicted octanol–water partition coefficient (Wildman–Crippen LogP) is 0.467. The van der Waals surface area contributed by atoms with E-state index >= 15 is 0 Å². The summed E-state index contributed by atoms with van der Waals surface area (Å²) in [5, 5.41) is 3.36. The SMILES string of the molecule is C[C@@H]1CNCCN1c1nc(N)nc2scnc12. The van der Waals surface area contributed by atoms with Crippen molar-refractivity contribution < 1.29 is 0 Å². The molecule has 17 heavy (non-hydrogen) atoms. The molecule has 0 saturated carbocycles. The van der Waals surface area contributed by atoms with Gasteiger partial charge in [0.15, 0.2) is 10.6 Å². The number of rotatable bonds is 1. The van der Waals surface area contributed by atoms with Gasteiger partial charge in [0.25, 0.3) is 0 Å². The van der Waals surface area contributed by atoms with Crippen molar-refractivity contribution in [2.45, 2.75) is 13.0 Å². The number of fused-ring (bicyclic) bond motifs is 1. The molecular weight excluding hydrogens is 236 g/mol. The number of nitrogens with one attached hydrogen (secondary N) is 1. The van der Waals surface area contributed by atoms with E-state index in [9.17, 15) is 0 Å². The fourth-order valence-electron chi connectivity index (χ4n) is 2.12. The van der Waals surface area contributed by atoms with Gasteiger partial charge in [0.2, 0.25) is 5.95 Å². The molecule has 7 heteroatoms. The Bertz CT molecular complexity index is 539. The third-order valence-corrected chi connectivity index (χ3v) is 3.69. The van der Waals surface area contributed by atoms with Gasteiger partial charge in [-0.2, -0.15) is 4.98 Å². The highest BCUT2D eigenvalue weighted by Gasteiger charge is 2.23. The van der Waals surface area contributed by atoms with E-state index in [-0.39, 0.29) is 0 Å². The molecular formula is C10H14N6S. The largest absolute Gasteiger partial charge is 0.368 e. The highest BCUT2D eigenvalue weighted by molar-refractivity contribution is 7.16. The number of thiazole rings is 1. The smallest absolute Gasteiger partial charge is 0.223 e. The monoisotopic (exact) mass is 250 g/mol. The minimum Gasteiger partial charge on any atom is -0.368 e. The van der Waals surface area contributed by atoms with Crippen LogP contribution in [0.2, 0.25) is 0 Å². The zero-order chi connectivity index (χ0) is 11.8. The first kappa shape index (κ1) is 10.7. The maximum Gasteiger partial charge on any atom is 0.223 e. The van der Waals surface area contributed by atoms with E-state index in [4.69, 9.17) is 5.73 Å². The summed E-state index contributed by atoms with van der Waals surface area (Å²) in [6, 6.07) is 0.392. The molecule has 2 aromatic rings. The first-order valence-electron chi connectivity index (χ1n) is 5.60. The van der Waals surface area contributed by atoms with Crippen LogP contribution < -0.4 is 16.0 Å². The zero-order valence-corrected chi connectivity index (χ0v) is 10.4. The summed E-state index contributed by atoms with van der Waals surface area (Å²) in [4.78, 5) is 16.0. The van der Waals surface area contributed by atoms with Crippen LogP contribution in [0.1, 0.15) is 6.92 Å². The van der Waals surface area contributed by atoms with E-state index in [2.05, 4.69) is 32.1 Å². The van der Waals surface area contributed by atoms with Crippen molar-refractivity contribution in [3.63, 3.8) is 0 Å². The summed E-state index contributed by atoms with van der Waals surface area (Å²) in [6.07, 6.45) is 0. The molecule has 0 aromatic carbocycles. The zero-order valence-electron chi connectivity index (χ0n) is 9.55. The standard InChI is InChI=1S/C10H14N6S/c1-6-4-12-2-3-16(6)8-7-9(17-5-13-7)15-10(11)14-8/h5-6,12H,2-4H2,1H3,(H2,11,14,15)/t6-/m1/s1. The van der Waals surface area contributed by atoms with Crippen LogP contribution in [0.15, 0.2) is 5.51 Å². The average molecular weight is 250 g/mol. The lowest BCUT2D eigenvalue weighted by Crippen LogP contribution is -2.50. The maximum atomic E-state index is 5.75. The van der Waals surface area contributed by atoms with Gasteiger partial charge >= 0.3 is 0 Å². The fourth-order valence-corrected chi connectivity index (χ4v) is 2.78. The van der Waals surface area contributed by atoms with Gasteiger partial charge in [-0.3, -0.25) is 0 Å². The van der Waals surface area contributed by atoms with Crippen molar-refractivity contribution in [1.29, 1.82) is 0 Å². The summed E-state index contributed by atoms with van der Waals surface area (Å²) >= 11 is 1.50. The summed E-state index contributed by atoms with van der Waals surface area (Å²) in [5.41, 5.74) is 8.40. The fraction of sp³-hybridized carbons (Fsp3) is 0.500. The maximum absolute atomic E-state index is 5.75. The lowest BCUT2D eigenvalue weighted by molar-refractivity contribution is 0.498. The van der Waals surface area contributed by atoms with Crippen molar-refractivity contribution in [1.82, 2.24) is 20.3 Å². The highest BCUT2D eigenvalue weighted by atomic mass is 32.1. The normalized spacial score (nSPS) is 21.0. The van der Waals surface area contributed by atoms with Crippen LogP contribution in [0, 0.1) is 0 Å². The molecule has 0 unspecified atom stereocenters. The van der Waals surface area contributed by atoms with Crippen LogP contribution in [0.4, 0.5) is 11.8 Å². The van der Waals surface area contributed by atoms with E-state index in [0.29, 0.717) is 12.0 Å². The van der Waals surface area contributed by atoms with Crippen LogP contribution in [-0.2, 0) is 0 Å². The molecule has 0 amide bonds. The molecule has 0 bridgehead atoms. The summed E-state index contributed by atoms with van der Waals surface area (Å²) in [7, 11) is 0. The number of nitrogens with zero attached hydrogens (tertiary/aromatic N) is 4. The van der Waals surface area contributed by atoms with E-state index in [1.54, 1.807) is 5.51 Å². The molecule has 1 saturated heterocycles.